The van der Waals surface area contributed by atoms with E-state index in [0.29, 0.717) is 12.2 Å². The predicted molar refractivity (Wildman–Crippen MR) is 54.8 cm³/mol. The first-order chi connectivity index (χ1) is 7.11. The van der Waals surface area contributed by atoms with Crippen LogP contribution in [0.3, 0.4) is 0 Å². The highest BCUT2D eigenvalue weighted by molar-refractivity contribution is 5.66. The zero-order valence-electron chi connectivity index (χ0n) is 8.00. The summed E-state index contributed by atoms with van der Waals surface area (Å²) in [5.41, 5.74) is 10.7. The number of benzene rings is 1. The molecule has 0 unspecified atom stereocenters. The number of anilines is 2. The Kier molecular flexibility index (Phi) is 3.73. The Morgan fingerprint density at radius 3 is 2.93 bits per heavy atom. The van der Waals surface area contributed by atoms with Crippen molar-refractivity contribution in [2.24, 2.45) is 5.73 Å². The molecule has 15 heavy (non-hydrogen) atoms. The summed E-state index contributed by atoms with van der Waals surface area (Å²) in [4.78, 5) is 10.2. The lowest BCUT2D eigenvalue weighted by Crippen LogP contribution is -2.18. The molecule has 5 nitrogen and oxygen atoms in total. The Morgan fingerprint density at radius 2 is 2.27 bits per heavy atom. The van der Waals surface area contributed by atoms with Gasteiger partial charge in [0.2, 0.25) is 0 Å². The molecule has 0 spiro atoms. The van der Waals surface area contributed by atoms with E-state index >= 15 is 0 Å². The van der Waals surface area contributed by atoms with Gasteiger partial charge >= 0.3 is 6.09 Å². The normalized spacial score (nSPS) is 9.67. The highest BCUT2D eigenvalue weighted by atomic mass is 19.1. The summed E-state index contributed by atoms with van der Waals surface area (Å²) in [7, 11) is 0. The van der Waals surface area contributed by atoms with Crippen molar-refractivity contribution in [1.82, 2.24) is 0 Å². The van der Waals surface area contributed by atoms with E-state index in [-0.39, 0.29) is 12.3 Å². The van der Waals surface area contributed by atoms with Crippen LogP contribution in [-0.4, -0.2) is 19.2 Å². The first-order valence-corrected chi connectivity index (χ1v) is 4.31. The van der Waals surface area contributed by atoms with Gasteiger partial charge in [-0.15, -0.1) is 0 Å². The average molecular weight is 213 g/mol. The van der Waals surface area contributed by atoms with Crippen LogP contribution in [0.4, 0.5) is 20.6 Å². The van der Waals surface area contributed by atoms with E-state index in [0.717, 1.165) is 0 Å². The molecule has 0 aromatic heterocycles. The second-order valence-corrected chi connectivity index (χ2v) is 2.80. The average Bonchev–Trinajstić information content (AvgIpc) is 2.18. The fourth-order valence-electron chi connectivity index (χ4n) is 1.03. The summed E-state index contributed by atoms with van der Waals surface area (Å²) in [5, 5.41) is 2.81. The molecule has 0 bridgehead atoms. The maximum absolute atomic E-state index is 12.9. The molecule has 1 rings (SSSR count). The molecule has 0 heterocycles. The van der Waals surface area contributed by atoms with Crippen LogP contribution in [-0.2, 0) is 4.74 Å². The van der Waals surface area contributed by atoms with Gasteiger partial charge in [-0.3, -0.25) is 0 Å². The number of halogens is 1. The lowest BCUT2D eigenvalue weighted by atomic mass is 10.2. The minimum Gasteiger partial charge on any atom is -0.448 e. The molecule has 0 saturated heterocycles. The van der Waals surface area contributed by atoms with Gasteiger partial charge in [-0.25, -0.2) is 9.18 Å². The number of nitrogens with two attached hydrogens (primary N) is 2. The third-order valence-electron chi connectivity index (χ3n) is 1.71. The lowest BCUT2D eigenvalue weighted by molar-refractivity contribution is 0.161. The van der Waals surface area contributed by atoms with Gasteiger partial charge in [0.05, 0.1) is 11.4 Å². The summed E-state index contributed by atoms with van der Waals surface area (Å²) in [6.07, 6.45) is -0.844. The lowest BCUT2D eigenvalue weighted by Gasteiger charge is -2.09. The fraction of sp³-hybridized carbons (Fsp3) is 0.222. The van der Waals surface area contributed by atoms with Crippen LogP contribution < -0.4 is 16.8 Å². The van der Waals surface area contributed by atoms with Crippen molar-refractivity contribution in [3.8, 4) is 0 Å². The van der Waals surface area contributed by atoms with Crippen molar-refractivity contribution in [2.45, 2.75) is 0 Å². The molecular formula is C9H12FN3O2. The van der Waals surface area contributed by atoms with E-state index in [2.05, 4.69) is 10.1 Å². The third-order valence-corrected chi connectivity index (χ3v) is 1.71. The van der Waals surface area contributed by atoms with Crippen LogP contribution in [0.25, 0.3) is 0 Å². The number of hydrogen-bond acceptors (Lipinski definition) is 4. The van der Waals surface area contributed by atoms with Gasteiger partial charge in [-0.2, -0.15) is 0 Å². The number of rotatable bonds is 4. The standard InChI is InChI=1S/C9H12FN3O2/c10-6-2-1-3-7(8(6)11)13-4-5-15-9(12)14/h1-3,13H,4-5,11H2,(H2,12,14). The molecule has 82 valence electrons. The van der Waals surface area contributed by atoms with E-state index in [4.69, 9.17) is 11.5 Å². The topological polar surface area (TPSA) is 90.4 Å². The van der Waals surface area contributed by atoms with Crippen LogP contribution >= 0.6 is 0 Å². The van der Waals surface area contributed by atoms with Gasteiger partial charge < -0.3 is 21.5 Å². The number of para-hydroxylation sites is 1. The minimum absolute atomic E-state index is 0.0385. The fourth-order valence-corrected chi connectivity index (χ4v) is 1.03. The smallest absolute Gasteiger partial charge is 0.404 e. The molecular weight excluding hydrogens is 201 g/mol. The summed E-state index contributed by atoms with van der Waals surface area (Å²) in [6, 6.07) is 4.42. The van der Waals surface area contributed by atoms with Crippen molar-refractivity contribution in [3.63, 3.8) is 0 Å². The molecule has 6 heteroatoms. The van der Waals surface area contributed by atoms with Crippen molar-refractivity contribution < 1.29 is 13.9 Å². The summed E-state index contributed by atoms with van der Waals surface area (Å²) in [6.45, 7) is 0.419. The van der Waals surface area contributed by atoms with Gasteiger partial charge in [-0.05, 0) is 12.1 Å². The van der Waals surface area contributed by atoms with Crippen LogP contribution in [0, 0.1) is 5.82 Å². The summed E-state index contributed by atoms with van der Waals surface area (Å²) < 4.78 is 17.4. The quantitative estimate of drug-likeness (QED) is 0.512. The Balaban J connectivity index is 2.44. The number of carbonyl (C=O) groups excluding carboxylic acids is 1. The van der Waals surface area contributed by atoms with Crippen LogP contribution in [0.5, 0.6) is 0 Å². The summed E-state index contributed by atoms with van der Waals surface area (Å²) in [5.74, 6) is -0.490. The number of nitrogens with one attached hydrogen (secondary N) is 1. The molecule has 0 saturated carbocycles. The van der Waals surface area contributed by atoms with Gasteiger partial charge in [0.1, 0.15) is 12.4 Å². The largest absolute Gasteiger partial charge is 0.448 e. The van der Waals surface area contributed by atoms with Crippen molar-refractivity contribution in [2.75, 3.05) is 24.2 Å². The number of nitrogen functional groups attached to an aromatic ring is 1. The molecule has 1 aromatic rings. The molecule has 5 N–H and O–H groups in total. The van der Waals surface area contributed by atoms with Crippen LogP contribution in [0.1, 0.15) is 0 Å². The SMILES string of the molecule is NC(=O)OCCNc1cccc(F)c1N. The van der Waals surface area contributed by atoms with Crippen LogP contribution in [0.2, 0.25) is 0 Å². The van der Waals surface area contributed by atoms with Gasteiger partial charge in [0.25, 0.3) is 0 Å². The second kappa shape index (κ2) is 5.04. The first kappa shape index (κ1) is 11.1. The predicted octanol–water partition coefficient (Wildman–Crippen LogP) is 0.915. The molecule has 0 aliphatic heterocycles. The molecule has 0 aliphatic carbocycles. The number of primary amides is 1. The molecule has 1 aromatic carbocycles. The van der Waals surface area contributed by atoms with Crippen molar-refractivity contribution >= 4 is 17.5 Å². The Labute approximate surface area is 86.2 Å². The van der Waals surface area contributed by atoms with Gasteiger partial charge in [-0.1, -0.05) is 6.07 Å². The first-order valence-electron chi connectivity index (χ1n) is 4.31. The van der Waals surface area contributed by atoms with E-state index < -0.39 is 11.9 Å². The number of hydrogen-bond donors (Lipinski definition) is 3. The highest BCUT2D eigenvalue weighted by Gasteiger charge is 2.03. The van der Waals surface area contributed by atoms with Gasteiger partial charge in [0.15, 0.2) is 0 Å². The number of carbonyl (C=O) groups is 1. The van der Waals surface area contributed by atoms with E-state index in [1.165, 1.54) is 12.1 Å². The van der Waals surface area contributed by atoms with Gasteiger partial charge in [0, 0.05) is 6.54 Å². The molecule has 0 fully saturated rings. The maximum Gasteiger partial charge on any atom is 0.404 e. The maximum atomic E-state index is 12.9. The molecule has 0 radical (unpaired) electrons. The zero-order chi connectivity index (χ0) is 11.3. The van der Waals surface area contributed by atoms with E-state index in [1.54, 1.807) is 6.07 Å². The second-order valence-electron chi connectivity index (χ2n) is 2.80. The van der Waals surface area contributed by atoms with E-state index in [1.807, 2.05) is 0 Å². The van der Waals surface area contributed by atoms with E-state index in [9.17, 15) is 9.18 Å². The third kappa shape index (κ3) is 3.34. The highest BCUT2D eigenvalue weighted by Crippen LogP contribution is 2.20. The van der Waals surface area contributed by atoms with Crippen molar-refractivity contribution in [3.05, 3.63) is 24.0 Å². The zero-order valence-corrected chi connectivity index (χ0v) is 8.00. The Morgan fingerprint density at radius 1 is 1.53 bits per heavy atom. The Hall–Kier alpha value is -1.98. The monoisotopic (exact) mass is 213 g/mol. The molecule has 1 amide bonds. The molecule has 0 atom stereocenters. The summed E-state index contributed by atoms with van der Waals surface area (Å²) >= 11 is 0. The number of ether oxygens (including phenoxy) is 1. The Bertz CT molecular complexity index is 357. The minimum atomic E-state index is -0.844. The van der Waals surface area contributed by atoms with Crippen molar-refractivity contribution in [1.29, 1.82) is 0 Å². The van der Waals surface area contributed by atoms with Crippen LogP contribution in [0.15, 0.2) is 18.2 Å². The number of amides is 1. The molecule has 0 aliphatic rings.